The van der Waals surface area contributed by atoms with E-state index in [9.17, 15) is 13.2 Å². The van der Waals surface area contributed by atoms with Gasteiger partial charge >= 0.3 is 0 Å². The van der Waals surface area contributed by atoms with Crippen LogP contribution in [0.15, 0.2) is 48.5 Å². The number of amides is 1. The number of nitrogens with one attached hydrogen (secondary N) is 1. The molecular formula is C24H32N2O3S. The van der Waals surface area contributed by atoms with Crippen LogP contribution < -0.4 is 9.62 Å². The number of benzene rings is 2. The van der Waals surface area contributed by atoms with Crippen molar-refractivity contribution in [2.24, 2.45) is 0 Å². The lowest BCUT2D eigenvalue weighted by atomic mass is 9.88. The Hall–Kier alpha value is -2.34. The van der Waals surface area contributed by atoms with Gasteiger partial charge < -0.3 is 5.32 Å². The molecule has 1 N–H and O–H groups in total. The van der Waals surface area contributed by atoms with Gasteiger partial charge in [-0.3, -0.25) is 9.10 Å². The average Bonchev–Trinajstić information content (AvgIpc) is 2.74. The molecule has 2 atom stereocenters. The first-order valence-electron chi connectivity index (χ1n) is 10.8. The van der Waals surface area contributed by atoms with Crippen molar-refractivity contribution in [1.82, 2.24) is 5.32 Å². The lowest BCUT2D eigenvalue weighted by molar-refractivity contribution is -0.123. The number of para-hydroxylation sites is 1. The van der Waals surface area contributed by atoms with Gasteiger partial charge in [0.05, 0.1) is 18.0 Å². The van der Waals surface area contributed by atoms with Crippen LogP contribution in [-0.4, -0.2) is 26.6 Å². The summed E-state index contributed by atoms with van der Waals surface area (Å²) in [6.07, 6.45) is 6.92. The van der Waals surface area contributed by atoms with Gasteiger partial charge in [0, 0.05) is 0 Å². The van der Waals surface area contributed by atoms with Crippen LogP contribution in [0.4, 0.5) is 5.69 Å². The summed E-state index contributed by atoms with van der Waals surface area (Å²) in [5, 5.41) is 3.12. The highest BCUT2D eigenvalue weighted by Gasteiger charge is 2.32. The molecule has 0 fully saturated rings. The molecule has 0 aliphatic heterocycles. The molecule has 0 saturated carbocycles. The summed E-state index contributed by atoms with van der Waals surface area (Å²) < 4.78 is 26.4. The number of anilines is 1. The van der Waals surface area contributed by atoms with Crippen molar-refractivity contribution in [2.45, 2.75) is 64.5 Å². The van der Waals surface area contributed by atoms with Gasteiger partial charge in [0.15, 0.2) is 0 Å². The van der Waals surface area contributed by atoms with Gasteiger partial charge in [-0.25, -0.2) is 8.42 Å². The number of aryl methyl sites for hydroxylation is 2. The normalized spacial score (nSPS) is 15.7. The monoisotopic (exact) mass is 428 g/mol. The van der Waals surface area contributed by atoms with Crippen molar-refractivity contribution in [3.8, 4) is 0 Å². The Morgan fingerprint density at radius 3 is 2.27 bits per heavy atom. The lowest BCUT2D eigenvalue weighted by Gasteiger charge is -2.31. The van der Waals surface area contributed by atoms with E-state index in [2.05, 4.69) is 23.5 Å². The number of rotatable bonds is 8. The van der Waals surface area contributed by atoms with Gasteiger partial charge in [-0.1, -0.05) is 50.2 Å². The summed E-state index contributed by atoms with van der Waals surface area (Å²) >= 11 is 0. The molecule has 2 aromatic carbocycles. The Kier molecular flexibility index (Phi) is 7.19. The lowest BCUT2D eigenvalue weighted by Crippen LogP contribution is -2.50. The molecule has 0 heterocycles. The van der Waals surface area contributed by atoms with Crippen LogP contribution in [0.1, 0.15) is 62.3 Å². The maximum atomic E-state index is 13.2. The molecule has 1 aliphatic rings. The van der Waals surface area contributed by atoms with Crippen molar-refractivity contribution in [3.05, 3.63) is 65.2 Å². The molecule has 0 radical (unpaired) electrons. The number of hydrogen-bond donors (Lipinski definition) is 1. The fourth-order valence-electron chi connectivity index (χ4n) is 4.29. The molecule has 1 amide bonds. The molecule has 5 nitrogen and oxygen atoms in total. The van der Waals surface area contributed by atoms with E-state index in [0.29, 0.717) is 12.1 Å². The van der Waals surface area contributed by atoms with E-state index in [-0.39, 0.29) is 11.9 Å². The minimum Gasteiger partial charge on any atom is -0.347 e. The second-order valence-electron chi connectivity index (χ2n) is 8.02. The standard InChI is InChI=1S/C24H32N2O3S/c1-4-22(20-16-15-18-11-9-10-12-19(18)17-20)25-24(27)23(5-2)26(30(3,28)29)21-13-7-6-8-14-21/h6-8,13-17,22-23H,4-5,9-12H2,1-3H3,(H,25,27)/t22-,23-/m1/s1. The van der Waals surface area contributed by atoms with Gasteiger partial charge in [-0.15, -0.1) is 0 Å². The molecule has 3 rings (SSSR count). The minimum atomic E-state index is -3.62. The van der Waals surface area contributed by atoms with Gasteiger partial charge in [-0.2, -0.15) is 0 Å². The minimum absolute atomic E-state index is 0.143. The van der Waals surface area contributed by atoms with Gasteiger partial charge in [0.25, 0.3) is 0 Å². The predicted octanol–water partition coefficient (Wildman–Crippen LogP) is 4.38. The maximum absolute atomic E-state index is 13.2. The van der Waals surface area contributed by atoms with Crippen molar-refractivity contribution >= 4 is 21.6 Å². The average molecular weight is 429 g/mol. The molecule has 0 unspecified atom stereocenters. The Morgan fingerprint density at radius 2 is 1.67 bits per heavy atom. The molecule has 162 valence electrons. The Morgan fingerprint density at radius 1 is 1.00 bits per heavy atom. The van der Waals surface area contributed by atoms with Crippen LogP contribution in [0.25, 0.3) is 0 Å². The topological polar surface area (TPSA) is 66.5 Å². The summed E-state index contributed by atoms with van der Waals surface area (Å²) in [5.74, 6) is -0.267. The Balaban J connectivity index is 1.85. The largest absolute Gasteiger partial charge is 0.347 e. The second kappa shape index (κ2) is 9.65. The number of fused-ring (bicyclic) bond motifs is 1. The summed E-state index contributed by atoms with van der Waals surface area (Å²) in [4.78, 5) is 13.2. The number of nitrogens with zero attached hydrogens (tertiary/aromatic N) is 1. The van der Waals surface area contributed by atoms with E-state index in [4.69, 9.17) is 0 Å². The van der Waals surface area contributed by atoms with E-state index in [0.717, 1.165) is 31.1 Å². The van der Waals surface area contributed by atoms with Crippen LogP contribution in [0.5, 0.6) is 0 Å². The highest BCUT2D eigenvalue weighted by molar-refractivity contribution is 7.92. The van der Waals surface area contributed by atoms with Crippen LogP contribution in [0.2, 0.25) is 0 Å². The molecule has 0 aromatic heterocycles. The van der Waals surface area contributed by atoms with Crippen LogP contribution in [0, 0.1) is 0 Å². The molecule has 0 spiro atoms. The van der Waals surface area contributed by atoms with E-state index < -0.39 is 16.1 Å². The first kappa shape index (κ1) is 22.3. The third-order valence-corrected chi connectivity index (χ3v) is 7.02. The maximum Gasteiger partial charge on any atom is 0.244 e. The zero-order valence-corrected chi connectivity index (χ0v) is 18.9. The third-order valence-electron chi connectivity index (χ3n) is 5.84. The Labute approximate surface area is 180 Å². The van der Waals surface area contributed by atoms with Crippen LogP contribution >= 0.6 is 0 Å². The van der Waals surface area contributed by atoms with Crippen molar-refractivity contribution in [1.29, 1.82) is 0 Å². The quantitative estimate of drug-likeness (QED) is 0.679. The first-order valence-corrected chi connectivity index (χ1v) is 12.7. The van der Waals surface area contributed by atoms with E-state index >= 15 is 0 Å². The third kappa shape index (κ3) is 5.04. The summed E-state index contributed by atoms with van der Waals surface area (Å²) in [7, 11) is -3.62. The second-order valence-corrected chi connectivity index (χ2v) is 9.88. The number of carbonyl (C=O) groups is 1. The molecule has 1 aliphatic carbocycles. The summed E-state index contributed by atoms with van der Waals surface area (Å²) in [6.45, 7) is 3.88. The highest BCUT2D eigenvalue weighted by atomic mass is 32.2. The number of carbonyl (C=O) groups excluding carboxylic acids is 1. The van der Waals surface area contributed by atoms with Gasteiger partial charge in [0.2, 0.25) is 15.9 Å². The number of hydrogen-bond acceptors (Lipinski definition) is 3. The predicted molar refractivity (Wildman–Crippen MR) is 122 cm³/mol. The van der Waals surface area contributed by atoms with Crippen molar-refractivity contribution < 1.29 is 13.2 Å². The van der Waals surface area contributed by atoms with Gasteiger partial charge in [0.1, 0.15) is 6.04 Å². The molecule has 30 heavy (non-hydrogen) atoms. The van der Waals surface area contributed by atoms with Crippen LogP contribution in [-0.2, 0) is 27.7 Å². The van der Waals surface area contributed by atoms with Crippen LogP contribution in [0.3, 0.4) is 0 Å². The van der Waals surface area contributed by atoms with E-state index in [1.165, 1.54) is 28.3 Å². The van der Waals surface area contributed by atoms with E-state index in [1.54, 1.807) is 24.3 Å². The molecule has 2 aromatic rings. The van der Waals surface area contributed by atoms with Crippen molar-refractivity contribution in [3.63, 3.8) is 0 Å². The fraction of sp³-hybridized carbons (Fsp3) is 0.458. The summed E-state index contributed by atoms with van der Waals surface area (Å²) in [5.41, 5.74) is 4.38. The molecule has 0 saturated heterocycles. The molecule has 0 bridgehead atoms. The van der Waals surface area contributed by atoms with Gasteiger partial charge in [-0.05, 0) is 67.3 Å². The highest BCUT2D eigenvalue weighted by Crippen LogP contribution is 2.27. The van der Waals surface area contributed by atoms with E-state index in [1.807, 2.05) is 19.9 Å². The number of sulfonamides is 1. The summed E-state index contributed by atoms with van der Waals surface area (Å²) in [6, 6.07) is 14.4. The zero-order chi connectivity index (χ0) is 21.7. The smallest absolute Gasteiger partial charge is 0.244 e. The Bertz CT molecular complexity index is 973. The fourth-order valence-corrected chi connectivity index (χ4v) is 5.51. The molecular weight excluding hydrogens is 396 g/mol. The molecule has 6 heteroatoms. The SMILES string of the molecule is CC[C@H](C(=O)N[C@H](CC)c1ccc2c(c1)CCCC2)N(c1ccccc1)S(C)(=O)=O. The zero-order valence-electron chi connectivity index (χ0n) is 18.1. The van der Waals surface area contributed by atoms with Crippen molar-refractivity contribution in [2.75, 3.05) is 10.6 Å². The first-order chi connectivity index (χ1) is 14.3.